The number of ketones is 4. The second-order valence-corrected chi connectivity index (χ2v) is 11.5. The highest BCUT2D eigenvalue weighted by molar-refractivity contribution is 6.42. The van der Waals surface area contributed by atoms with Crippen molar-refractivity contribution in [1.29, 1.82) is 0 Å². The van der Waals surface area contributed by atoms with Crippen LogP contribution >= 0.6 is 0 Å². The maximum absolute atomic E-state index is 13.1. The summed E-state index contributed by atoms with van der Waals surface area (Å²) in [6.45, 7) is 2.13. The summed E-state index contributed by atoms with van der Waals surface area (Å²) in [5, 5.41) is 2.03. The maximum Gasteiger partial charge on any atom is 0.197 e. The molecule has 0 saturated heterocycles. The number of rotatable bonds is 4. The summed E-state index contributed by atoms with van der Waals surface area (Å²) in [4.78, 5) is 52.5. The van der Waals surface area contributed by atoms with Gasteiger partial charge in [0.1, 0.15) is 0 Å². The van der Waals surface area contributed by atoms with Gasteiger partial charge in [-0.15, -0.1) is 0 Å². The van der Waals surface area contributed by atoms with Gasteiger partial charge in [-0.1, -0.05) is 103 Å². The Morgan fingerprint density at radius 2 is 0.867 bits per heavy atom. The predicted octanol–water partition coefficient (Wildman–Crippen LogP) is 8.33. The van der Waals surface area contributed by atoms with Gasteiger partial charge in [-0.05, 0) is 47.9 Å². The molecule has 0 amide bonds. The molecule has 2 aliphatic rings. The smallest absolute Gasteiger partial charge is 0.197 e. The highest BCUT2D eigenvalue weighted by Crippen LogP contribution is 2.37. The molecule has 0 bridgehead atoms. The minimum Gasteiger partial charge on any atom is -0.333 e. The van der Waals surface area contributed by atoms with E-state index in [9.17, 15) is 19.2 Å². The Hall–Kier alpha value is -5.94. The van der Waals surface area contributed by atoms with Crippen molar-refractivity contribution in [3.8, 4) is 0 Å². The topological polar surface area (TPSA) is 73.2 Å². The van der Waals surface area contributed by atoms with Crippen LogP contribution in [0.2, 0.25) is 0 Å². The molecule has 5 heteroatoms. The van der Waals surface area contributed by atoms with Gasteiger partial charge in [-0.25, -0.2) is 0 Å². The summed E-state index contributed by atoms with van der Waals surface area (Å²) in [7, 11) is 0. The van der Waals surface area contributed by atoms with Gasteiger partial charge in [-0.3, -0.25) is 19.2 Å². The van der Waals surface area contributed by atoms with E-state index in [-0.39, 0.29) is 40.3 Å². The molecule has 214 valence electrons. The van der Waals surface area contributed by atoms with Crippen LogP contribution in [0.1, 0.15) is 71.1 Å². The van der Waals surface area contributed by atoms with Gasteiger partial charge >= 0.3 is 0 Å². The number of hydrogen-bond donors (Lipinski definition) is 0. The predicted molar refractivity (Wildman–Crippen MR) is 176 cm³/mol. The molecule has 8 rings (SSSR count). The summed E-state index contributed by atoms with van der Waals surface area (Å²) in [5.74, 6) is -1.04. The molecular formula is C40H25NO4. The van der Waals surface area contributed by atoms with Crippen LogP contribution in [0.4, 0.5) is 0 Å². The van der Waals surface area contributed by atoms with Gasteiger partial charge in [0.15, 0.2) is 23.1 Å². The number of allylic oxidation sites excluding steroid dienone is 2. The Morgan fingerprint density at radius 3 is 1.27 bits per heavy atom. The fraction of sp³-hybridized carbons (Fsp3) is 0.0500. The lowest BCUT2D eigenvalue weighted by atomic mass is 10.0. The highest BCUT2D eigenvalue weighted by Gasteiger charge is 2.33. The third-order valence-electron chi connectivity index (χ3n) is 8.96. The molecular weight excluding hydrogens is 558 g/mol. The van der Waals surface area contributed by atoms with Crippen molar-refractivity contribution in [2.24, 2.45) is 0 Å². The van der Waals surface area contributed by atoms with Gasteiger partial charge in [0.25, 0.3) is 0 Å². The van der Waals surface area contributed by atoms with Gasteiger partial charge < -0.3 is 4.57 Å². The summed E-state index contributed by atoms with van der Waals surface area (Å²) in [6.07, 6.45) is 3.37. The molecule has 0 fully saturated rings. The summed E-state index contributed by atoms with van der Waals surface area (Å²) in [6, 6.07) is 35.9. The van der Waals surface area contributed by atoms with Crippen LogP contribution in [-0.4, -0.2) is 27.7 Å². The molecule has 0 spiro atoms. The Kier molecular flexibility index (Phi) is 5.97. The Balaban J connectivity index is 1.30. The van der Waals surface area contributed by atoms with E-state index in [1.54, 1.807) is 60.7 Å². The lowest BCUT2D eigenvalue weighted by Gasteiger charge is -2.18. The number of nitrogens with zero attached hydrogens (tertiary/aromatic N) is 1. The highest BCUT2D eigenvalue weighted by atomic mass is 16.2. The fourth-order valence-corrected chi connectivity index (χ4v) is 6.70. The van der Waals surface area contributed by atoms with Crippen LogP contribution in [0.25, 0.3) is 34.0 Å². The first-order valence-corrected chi connectivity index (χ1v) is 14.8. The van der Waals surface area contributed by atoms with Crippen molar-refractivity contribution in [3.63, 3.8) is 0 Å². The van der Waals surface area contributed by atoms with Crippen molar-refractivity contribution in [3.05, 3.63) is 165 Å². The lowest BCUT2D eigenvalue weighted by Crippen LogP contribution is -2.06. The number of carbonyl (C=O) groups is 4. The van der Waals surface area contributed by atoms with Crippen LogP contribution in [0.15, 0.2) is 126 Å². The summed E-state index contributed by atoms with van der Waals surface area (Å²) in [5.41, 5.74) is 6.56. The number of benzene rings is 5. The number of aromatic nitrogens is 1. The fourth-order valence-electron chi connectivity index (χ4n) is 6.70. The molecule has 5 nitrogen and oxygen atoms in total. The molecule has 5 aromatic carbocycles. The van der Waals surface area contributed by atoms with E-state index in [2.05, 4.69) is 23.6 Å². The average Bonchev–Trinajstić information content (AvgIpc) is 3.62. The monoisotopic (exact) mass is 583 g/mol. The normalized spacial score (nSPS) is 14.8. The molecule has 0 radical (unpaired) electrons. The minimum atomic E-state index is -0.260. The van der Waals surface area contributed by atoms with Crippen molar-refractivity contribution in [1.82, 2.24) is 4.57 Å². The molecule has 1 aromatic heterocycles. The van der Waals surface area contributed by atoms with E-state index < -0.39 is 0 Å². The van der Waals surface area contributed by atoms with E-state index in [1.807, 2.05) is 54.6 Å². The van der Waals surface area contributed by atoms with E-state index >= 15 is 0 Å². The van der Waals surface area contributed by atoms with E-state index in [1.165, 1.54) is 0 Å². The molecule has 1 heterocycles. The van der Waals surface area contributed by atoms with Crippen molar-refractivity contribution >= 4 is 57.1 Å². The first-order chi connectivity index (χ1) is 21.9. The van der Waals surface area contributed by atoms with E-state index in [4.69, 9.17) is 0 Å². The zero-order valence-electron chi connectivity index (χ0n) is 24.3. The minimum absolute atomic E-state index is 0.0741. The first-order valence-electron chi connectivity index (χ1n) is 14.8. The van der Waals surface area contributed by atoms with Crippen LogP contribution < -0.4 is 0 Å². The molecule has 0 aliphatic heterocycles. The summed E-state index contributed by atoms with van der Waals surface area (Å²) < 4.78 is 2.24. The SMILES string of the molecule is CC(c1ccccc1)n1c2cc(C=C3C(=O)c4ccccc4C3=O)ccc2c2ccc(C=C3C(=O)c4ccccc4C3=O)cc21. The molecule has 1 atom stereocenters. The number of Topliss-reactive ketones (excluding diaryl/α,β-unsaturated/α-hetero) is 4. The second-order valence-electron chi connectivity index (χ2n) is 11.5. The van der Waals surface area contributed by atoms with E-state index in [0.717, 1.165) is 38.5 Å². The molecule has 6 aromatic rings. The third-order valence-corrected chi connectivity index (χ3v) is 8.96. The van der Waals surface area contributed by atoms with Crippen LogP contribution in [-0.2, 0) is 0 Å². The van der Waals surface area contributed by atoms with Gasteiger partial charge in [0.2, 0.25) is 0 Å². The Morgan fingerprint density at radius 1 is 0.489 bits per heavy atom. The molecule has 0 saturated carbocycles. The van der Waals surface area contributed by atoms with Crippen LogP contribution in [0, 0.1) is 0 Å². The first kappa shape index (κ1) is 26.7. The Labute approximate surface area is 258 Å². The van der Waals surface area contributed by atoms with Gasteiger partial charge in [-0.2, -0.15) is 0 Å². The maximum atomic E-state index is 13.1. The number of hydrogen-bond acceptors (Lipinski definition) is 4. The summed E-state index contributed by atoms with van der Waals surface area (Å²) >= 11 is 0. The zero-order valence-corrected chi connectivity index (χ0v) is 24.3. The molecule has 1 unspecified atom stereocenters. The lowest BCUT2D eigenvalue weighted by molar-refractivity contribution is 0.0975. The van der Waals surface area contributed by atoms with Gasteiger partial charge in [0, 0.05) is 33.0 Å². The van der Waals surface area contributed by atoms with Crippen molar-refractivity contribution in [2.75, 3.05) is 0 Å². The standard InChI is InChI=1S/C40H25NO4/c1-23(26-9-3-2-4-10-26)41-35-21-24(19-33-37(42)29-11-5-6-12-30(29)38(33)43)15-17-27(35)28-18-16-25(22-36(28)41)20-34-39(44)31-13-7-8-14-32(31)40(34)45/h2-23H,1H3. The largest absolute Gasteiger partial charge is 0.333 e. The molecule has 45 heavy (non-hydrogen) atoms. The second kappa shape index (κ2) is 10.1. The Bertz CT molecular complexity index is 2140. The molecule has 2 aliphatic carbocycles. The van der Waals surface area contributed by atoms with Gasteiger partial charge in [0.05, 0.1) is 28.2 Å². The number of carbonyl (C=O) groups excluding carboxylic acids is 4. The molecule has 0 N–H and O–H groups in total. The van der Waals surface area contributed by atoms with Crippen LogP contribution in [0.5, 0.6) is 0 Å². The zero-order chi connectivity index (χ0) is 30.8. The van der Waals surface area contributed by atoms with Crippen molar-refractivity contribution < 1.29 is 19.2 Å². The van der Waals surface area contributed by atoms with Crippen LogP contribution in [0.3, 0.4) is 0 Å². The third kappa shape index (κ3) is 4.09. The van der Waals surface area contributed by atoms with Crippen molar-refractivity contribution in [2.45, 2.75) is 13.0 Å². The number of fused-ring (bicyclic) bond motifs is 5. The van der Waals surface area contributed by atoms with E-state index in [0.29, 0.717) is 22.3 Å². The average molecular weight is 584 g/mol. The quantitative estimate of drug-likeness (QED) is 0.155.